The van der Waals surface area contributed by atoms with E-state index in [0.29, 0.717) is 5.41 Å². The molecule has 2 rings (SSSR count). The van der Waals surface area contributed by atoms with Crippen LogP contribution < -0.4 is 10.6 Å². The van der Waals surface area contributed by atoms with E-state index in [1.165, 1.54) is 32.1 Å². The molecule has 6 heteroatoms. The highest BCUT2D eigenvalue weighted by molar-refractivity contribution is 14.0. The first-order valence-electron chi connectivity index (χ1n) is 9.69. The number of guanidine groups is 1. The molecule has 0 bridgehead atoms. The lowest BCUT2D eigenvalue weighted by molar-refractivity contribution is 0.297. The molecular weight excluding hydrogens is 425 g/mol. The van der Waals surface area contributed by atoms with Crippen LogP contribution in [0.3, 0.4) is 0 Å². The maximum Gasteiger partial charge on any atom is 0.191 e. The lowest BCUT2D eigenvalue weighted by Crippen LogP contribution is -2.38. The molecule has 0 amide bonds. The van der Waals surface area contributed by atoms with Gasteiger partial charge < -0.3 is 15.2 Å². The molecule has 1 aliphatic rings. The zero-order chi connectivity index (χ0) is 17.3. The summed E-state index contributed by atoms with van der Waals surface area (Å²) in [4.78, 5) is 9.14. The second kappa shape index (κ2) is 11.8. The Labute approximate surface area is 170 Å². The minimum absolute atomic E-state index is 0. The number of hydrogen-bond donors (Lipinski definition) is 2. The van der Waals surface area contributed by atoms with E-state index in [2.05, 4.69) is 47.2 Å². The fourth-order valence-electron chi connectivity index (χ4n) is 3.59. The Morgan fingerprint density at radius 2 is 2.00 bits per heavy atom. The maximum absolute atomic E-state index is 4.88. The fraction of sp³-hybridized carbons (Fsp3) is 0.789. The third-order valence-electron chi connectivity index (χ3n) is 5.37. The van der Waals surface area contributed by atoms with Crippen molar-refractivity contribution in [1.82, 2.24) is 20.2 Å². The summed E-state index contributed by atoms with van der Waals surface area (Å²) in [6.07, 6.45) is 12.9. The standard InChI is InChI=1S/C19H35N5.HI/c1-4-19(10-6-7-11-19)16-23-18(20-5-2)22-12-8-9-14-24-15-13-21-17(24)3;/h13,15H,4-12,14,16H2,1-3H3,(H2,20,22,23);1H. The van der Waals surface area contributed by atoms with Crippen LogP contribution in [0, 0.1) is 12.3 Å². The van der Waals surface area contributed by atoms with Crippen molar-refractivity contribution in [2.45, 2.75) is 72.3 Å². The molecule has 1 heterocycles. The van der Waals surface area contributed by atoms with Gasteiger partial charge in [-0.3, -0.25) is 4.99 Å². The summed E-state index contributed by atoms with van der Waals surface area (Å²) in [5, 5.41) is 6.88. The van der Waals surface area contributed by atoms with E-state index >= 15 is 0 Å². The number of aromatic nitrogens is 2. The molecular formula is C19H36IN5. The third-order valence-corrected chi connectivity index (χ3v) is 5.37. The van der Waals surface area contributed by atoms with Crippen molar-refractivity contribution in [1.29, 1.82) is 0 Å². The van der Waals surface area contributed by atoms with Crippen molar-refractivity contribution >= 4 is 29.9 Å². The van der Waals surface area contributed by atoms with Gasteiger partial charge in [-0.05, 0) is 51.4 Å². The Balaban J connectivity index is 0.00000312. The quantitative estimate of drug-likeness (QED) is 0.252. The van der Waals surface area contributed by atoms with Crippen LogP contribution in [0.2, 0.25) is 0 Å². The monoisotopic (exact) mass is 461 g/mol. The summed E-state index contributed by atoms with van der Waals surface area (Å²) in [7, 11) is 0. The zero-order valence-electron chi connectivity index (χ0n) is 16.2. The van der Waals surface area contributed by atoms with Gasteiger partial charge in [0.2, 0.25) is 0 Å². The third kappa shape index (κ3) is 7.15. The SMILES string of the molecule is CCNC(=NCC1(CC)CCCC1)NCCCCn1ccnc1C.I. The number of halogens is 1. The Hall–Kier alpha value is -0.790. The van der Waals surface area contributed by atoms with Crippen molar-refractivity contribution < 1.29 is 0 Å². The van der Waals surface area contributed by atoms with Gasteiger partial charge in [0.1, 0.15) is 5.82 Å². The first-order valence-corrected chi connectivity index (χ1v) is 9.69. The number of nitrogens with one attached hydrogen (secondary N) is 2. The average Bonchev–Trinajstić information content (AvgIpc) is 3.22. The first kappa shape index (κ1) is 22.3. The van der Waals surface area contributed by atoms with Crippen molar-refractivity contribution in [3.05, 3.63) is 18.2 Å². The van der Waals surface area contributed by atoms with Crippen molar-refractivity contribution in [2.75, 3.05) is 19.6 Å². The van der Waals surface area contributed by atoms with Gasteiger partial charge in [-0.2, -0.15) is 0 Å². The predicted molar refractivity (Wildman–Crippen MR) is 117 cm³/mol. The summed E-state index contributed by atoms with van der Waals surface area (Å²) in [6.45, 7) is 10.4. The second-order valence-electron chi connectivity index (χ2n) is 7.06. The summed E-state index contributed by atoms with van der Waals surface area (Å²) >= 11 is 0. The van der Waals surface area contributed by atoms with Crippen LogP contribution in [-0.4, -0.2) is 35.1 Å². The van der Waals surface area contributed by atoms with Gasteiger partial charge in [0, 0.05) is 38.6 Å². The van der Waals surface area contributed by atoms with Crippen LogP contribution in [0.15, 0.2) is 17.4 Å². The molecule has 0 atom stereocenters. The molecule has 5 nitrogen and oxygen atoms in total. The molecule has 25 heavy (non-hydrogen) atoms. The molecule has 0 spiro atoms. The predicted octanol–water partition coefficient (Wildman–Crippen LogP) is 4.12. The van der Waals surface area contributed by atoms with Crippen LogP contribution >= 0.6 is 24.0 Å². The molecule has 0 radical (unpaired) electrons. The number of unbranched alkanes of at least 4 members (excludes halogenated alkanes) is 1. The van der Waals surface area contributed by atoms with Crippen LogP contribution in [0.1, 0.15) is 64.6 Å². The van der Waals surface area contributed by atoms with Crippen LogP contribution in [0.4, 0.5) is 0 Å². The molecule has 1 aliphatic carbocycles. The highest BCUT2D eigenvalue weighted by Crippen LogP contribution is 2.41. The first-order chi connectivity index (χ1) is 11.7. The van der Waals surface area contributed by atoms with Gasteiger partial charge in [-0.1, -0.05) is 19.8 Å². The summed E-state index contributed by atoms with van der Waals surface area (Å²) in [5.74, 6) is 2.08. The number of aliphatic imine (C=N–C) groups is 1. The zero-order valence-corrected chi connectivity index (χ0v) is 18.5. The van der Waals surface area contributed by atoms with E-state index in [0.717, 1.165) is 50.8 Å². The molecule has 0 aliphatic heterocycles. The van der Waals surface area contributed by atoms with Gasteiger partial charge in [0.15, 0.2) is 5.96 Å². The molecule has 1 aromatic rings. The number of rotatable bonds is 9. The summed E-state index contributed by atoms with van der Waals surface area (Å²) in [5.41, 5.74) is 0.460. The van der Waals surface area contributed by atoms with Crippen molar-refractivity contribution in [3.63, 3.8) is 0 Å². The summed E-state index contributed by atoms with van der Waals surface area (Å²) < 4.78 is 2.21. The van der Waals surface area contributed by atoms with Gasteiger partial charge in [0.25, 0.3) is 0 Å². The minimum Gasteiger partial charge on any atom is -0.357 e. The second-order valence-corrected chi connectivity index (χ2v) is 7.06. The largest absolute Gasteiger partial charge is 0.357 e. The lowest BCUT2D eigenvalue weighted by Gasteiger charge is -2.25. The van der Waals surface area contributed by atoms with Crippen LogP contribution in [-0.2, 0) is 6.54 Å². The molecule has 0 aromatic carbocycles. The van der Waals surface area contributed by atoms with Gasteiger partial charge in [0.05, 0.1) is 0 Å². The Morgan fingerprint density at radius 1 is 1.24 bits per heavy atom. The highest BCUT2D eigenvalue weighted by atomic mass is 127. The Morgan fingerprint density at radius 3 is 2.60 bits per heavy atom. The number of imidazole rings is 1. The van der Waals surface area contributed by atoms with E-state index in [9.17, 15) is 0 Å². The molecule has 2 N–H and O–H groups in total. The lowest BCUT2D eigenvalue weighted by atomic mass is 9.84. The molecule has 0 saturated heterocycles. The van der Waals surface area contributed by atoms with Crippen molar-refractivity contribution in [3.8, 4) is 0 Å². The molecule has 1 saturated carbocycles. The van der Waals surface area contributed by atoms with Gasteiger partial charge in [-0.15, -0.1) is 24.0 Å². The Kier molecular flexibility index (Phi) is 10.5. The molecule has 0 unspecified atom stereocenters. The number of hydrogen-bond acceptors (Lipinski definition) is 2. The normalized spacial score (nSPS) is 16.5. The van der Waals surface area contributed by atoms with Gasteiger partial charge in [-0.25, -0.2) is 4.98 Å². The smallest absolute Gasteiger partial charge is 0.191 e. The number of aryl methyl sites for hydroxylation is 2. The van der Waals surface area contributed by atoms with Crippen molar-refractivity contribution in [2.24, 2.45) is 10.4 Å². The molecule has 144 valence electrons. The maximum atomic E-state index is 4.88. The van der Waals surface area contributed by atoms with E-state index < -0.39 is 0 Å². The van der Waals surface area contributed by atoms with E-state index in [-0.39, 0.29) is 24.0 Å². The van der Waals surface area contributed by atoms with E-state index in [1.54, 1.807) is 0 Å². The van der Waals surface area contributed by atoms with Crippen LogP contribution in [0.5, 0.6) is 0 Å². The number of nitrogens with zero attached hydrogens (tertiary/aromatic N) is 3. The highest BCUT2D eigenvalue weighted by Gasteiger charge is 2.31. The summed E-state index contributed by atoms with van der Waals surface area (Å²) in [6, 6.07) is 0. The Bertz CT molecular complexity index is 506. The average molecular weight is 461 g/mol. The van der Waals surface area contributed by atoms with E-state index in [4.69, 9.17) is 4.99 Å². The molecule has 1 aromatic heterocycles. The molecule has 1 fully saturated rings. The topological polar surface area (TPSA) is 54.2 Å². The minimum atomic E-state index is 0. The van der Waals surface area contributed by atoms with Crippen LogP contribution in [0.25, 0.3) is 0 Å². The fourth-order valence-corrected chi connectivity index (χ4v) is 3.59. The van der Waals surface area contributed by atoms with E-state index in [1.807, 2.05) is 6.20 Å². The van der Waals surface area contributed by atoms with Gasteiger partial charge >= 0.3 is 0 Å².